The molecule has 4 heteroatoms. The van der Waals surface area contributed by atoms with E-state index in [1.165, 1.54) is 0 Å². The third-order valence-electron chi connectivity index (χ3n) is 2.47. The van der Waals surface area contributed by atoms with Crippen molar-refractivity contribution >= 4 is 11.0 Å². The first kappa shape index (κ1) is 14.1. The number of quaternary nitrogens is 1. The summed E-state index contributed by atoms with van der Waals surface area (Å²) in [6, 6.07) is 8.02. The monoisotopic (exact) mass is 295 g/mol. The molecule has 92 valence electrons. The smallest absolute Gasteiger partial charge is 0.123 e. The summed E-state index contributed by atoms with van der Waals surface area (Å²) in [6.45, 7) is 2.94. The van der Waals surface area contributed by atoms with Gasteiger partial charge in [0.05, 0.1) is 37.9 Å². The number of para-hydroxylation sites is 2. The second kappa shape index (κ2) is 5.10. The zero-order chi connectivity index (χ0) is 11.8. The van der Waals surface area contributed by atoms with E-state index >= 15 is 0 Å². The fraction of sp³-hybridized carbons (Fsp3) is 0.385. The van der Waals surface area contributed by atoms with Gasteiger partial charge in [0.1, 0.15) is 12.2 Å². The van der Waals surface area contributed by atoms with Gasteiger partial charge in [-0.3, -0.25) is 0 Å². The van der Waals surface area contributed by atoms with E-state index in [2.05, 4.69) is 31.1 Å². The zero-order valence-electron chi connectivity index (χ0n) is 10.7. The molecule has 3 nitrogen and oxygen atoms in total. The number of hydrogen-bond acceptors (Lipinski definition) is 2. The van der Waals surface area contributed by atoms with Crippen molar-refractivity contribution in [2.24, 2.45) is 0 Å². The highest BCUT2D eigenvalue weighted by molar-refractivity contribution is 5.74. The van der Waals surface area contributed by atoms with E-state index in [0.29, 0.717) is 0 Å². The van der Waals surface area contributed by atoms with Crippen molar-refractivity contribution in [2.45, 2.75) is 13.5 Å². The fourth-order valence-corrected chi connectivity index (χ4v) is 1.72. The predicted octanol–water partition coefficient (Wildman–Crippen LogP) is -0.852. The molecule has 0 aliphatic rings. The first-order valence-electron chi connectivity index (χ1n) is 5.48. The topological polar surface area (TPSA) is 25.8 Å². The van der Waals surface area contributed by atoms with E-state index in [1.807, 2.05) is 31.2 Å². The highest BCUT2D eigenvalue weighted by atomic mass is 79.9. The normalized spacial score (nSPS) is 11.3. The van der Waals surface area contributed by atoms with Crippen LogP contribution in [0.15, 0.2) is 24.3 Å². The first-order chi connectivity index (χ1) is 7.46. The minimum Gasteiger partial charge on any atom is -1.00 e. The summed E-state index contributed by atoms with van der Waals surface area (Å²) in [5, 5.41) is 0. The number of halogens is 1. The van der Waals surface area contributed by atoms with Crippen molar-refractivity contribution < 1.29 is 21.5 Å². The number of nitrogens with zero attached hydrogens (tertiary/aromatic N) is 3. The zero-order valence-corrected chi connectivity index (χ0v) is 12.3. The summed E-state index contributed by atoms with van der Waals surface area (Å²) >= 11 is 0. The van der Waals surface area contributed by atoms with Crippen molar-refractivity contribution in [3.05, 3.63) is 35.7 Å². The molecule has 0 aliphatic carbocycles. The molecule has 0 amide bonds. The minimum atomic E-state index is 0. The Bertz CT molecular complexity index is 518. The number of aromatic nitrogens is 2. The fourth-order valence-electron chi connectivity index (χ4n) is 1.72. The van der Waals surface area contributed by atoms with Crippen LogP contribution < -0.4 is 17.0 Å². The van der Waals surface area contributed by atoms with Crippen LogP contribution in [-0.4, -0.2) is 35.6 Å². The van der Waals surface area contributed by atoms with Crippen LogP contribution in [0.5, 0.6) is 0 Å². The highest BCUT2D eigenvalue weighted by Gasteiger charge is 2.13. The van der Waals surface area contributed by atoms with Crippen LogP contribution in [0.25, 0.3) is 11.0 Å². The molecule has 2 aromatic rings. The molecule has 0 radical (unpaired) electrons. The molecule has 2 rings (SSSR count). The Morgan fingerprint density at radius 1 is 1.00 bits per heavy atom. The molecule has 0 saturated heterocycles. The van der Waals surface area contributed by atoms with Crippen LogP contribution in [-0.2, 0) is 6.54 Å². The van der Waals surface area contributed by atoms with Crippen LogP contribution in [0.3, 0.4) is 0 Å². The number of hydrogen-bond donors (Lipinski definition) is 0. The van der Waals surface area contributed by atoms with E-state index in [9.17, 15) is 0 Å². The van der Waals surface area contributed by atoms with Gasteiger partial charge in [0.2, 0.25) is 0 Å². The molecule has 0 bridgehead atoms. The summed E-state index contributed by atoms with van der Waals surface area (Å²) < 4.78 is 0.869. The summed E-state index contributed by atoms with van der Waals surface area (Å²) in [4.78, 5) is 9.27. The molecule has 17 heavy (non-hydrogen) atoms. The number of aryl methyl sites for hydroxylation is 1. The lowest BCUT2D eigenvalue weighted by Crippen LogP contribution is -3.00. The molecule has 0 aliphatic heterocycles. The maximum Gasteiger partial charge on any atom is 0.123 e. The molecular formula is C13H18BrN3. The Balaban J connectivity index is 0.00000144. The molecule has 1 heterocycles. The van der Waals surface area contributed by atoms with Crippen molar-refractivity contribution in [1.29, 1.82) is 0 Å². The van der Waals surface area contributed by atoms with Crippen molar-refractivity contribution in [3.63, 3.8) is 0 Å². The molecule has 0 N–H and O–H groups in total. The molecule has 0 fully saturated rings. The van der Waals surface area contributed by atoms with E-state index in [1.54, 1.807) is 0 Å². The number of rotatable bonds is 2. The standard InChI is InChI=1S/C13H18N3.BrH/c1-10-13(9-16(2,3)4)15-12-8-6-5-7-11(12)14-10;/h5-8H,9H2,1-4H3;1H/q+1;/p-1. The van der Waals surface area contributed by atoms with E-state index in [-0.39, 0.29) is 17.0 Å². The Hall–Kier alpha value is -1.00. The Kier molecular flexibility index (Phi) is 4.22. The maximum absolute atomic E-state index is 4.68. The Morgan fingerprint density at radius 2 is 1.53 bits per heavy atom. The Morgan fingerprint density at radius 3 is 2.06 bits per heavy atom. The highest BCUT2D eigenvalue weighted by Crippen LogP contribution is 2.14. The van der Waals surface area contributed by atoms with Crippen LogP contribution in [0, 0.1) is 6.92 Å². The Labute approximate surface area is 113 Å². The average Bonchev–Trinajstić information content (AvgIpc) is 2.17. The van der Waals surface area contributed by atoms with Gasteiger partial charge in [0.15, 0.2) is 0 Å². The lowest BCUT2D eigenvalue weighted by atomic mass is 10.2. The van der Waals surface area contributed by atoms with Gasteiger partial charge < -0.3 is 21.5 Å². The van der Waals surface area contributed by atoms with E-state index in [0.717, 1.165) is 33.4 Å². The summed E-state index contributed by atoms with van der Waals surface area (Å²) in [6.07, 6.45) is 0. The van der Waals surface area contributed by atoms with Crippen LogP contribution in [0.1, 0.15) is 11.4 Å². The molecule has 0 unspecified atom stereocenters. The van der Waals surface area contributed by atoms with Gasteiger partial charge in [-0.05, 0) is 19.1 Å². The van der Waals surface area contributed by atoms with Crippen molar-refractivity contribution in [1.82, 2.24) is 9.97 Å². The summed E-state index contributed by atoms with van der Waals surface area (Å²) in [5.74, 6) is 0. The largest absolute Gasteiger partial charge is 1.00 e. The second-order valence-corrected chi connectivity index (χ2v) is 5.19. The summed E-state index contributed by atoms with van der Waals surface area (Å²) in [5.41, 5.74) is 4.08. The molecule has 1 aromatic carbocycles. The van der Waals surface area contributed by atoms with Gasteiger partial charge in [-0.15, -0.1) is 0 Å². The minimum absolute atomic E-state index is 0. The second-order valence-electron chi connectivity index (χ2n) is 5.19. The van der Waals surface area contributed by atoms with E-state index < -0.39 is 0 Å². The van der Waals surface area contributed by atoms with E-state index in [4.69, 9.17) is 0 Å². The lowest BCUT2D eigenvalue weighted by Gasteiger charge is -2.23. The molecule has 0 atom stereocenters. The van der Waals surface area contributed by atoms with Crippen molar-refractivity contribution in [2.75, 3.05) is 21.1 Å². The molecule has 0 saturated carbocycles. The van der Waals surface area contributed by atoms with Gasteiger partial charge in [0.25, 0.3) is 0 Å². The van der Waals surface area contributed by atoms with Crippen LogP contribution >= 0.6 is 0 Å². The third kappa shape index (κ3) is 3.48. The third-order valence-corrected chi connectivity index (χ3v) is 2.47. The first-order valence-corrected chi connectivity index (χ1v) is 5.48. The average molecular weight is 296 g/mol. The summed E-state index contributed by atoms with van der Waals surface area (Å²) in [7, 11) is 6.49. The van der Waals surface area contributed by atoms with Gasteiger partial charge in [0, 0.05) is 0 Å². The van der Waals surface area contributed by atoms with Crippen molar-refractivity contribution in [3.8, 4) is 0 Å². The van der Waals surface area contributed by atoms with Crippen LogP contribution in [0.4, 0.5) is 0 Å². The van der Waals surface area contributed by atoms with Gasteiger partial charge in [-0.2, -0.15) is 0 Å². The molecule has 1 aromatic heterocycles. The van der Waals surface area contributed by atoms with Gasteiger partial charge >= 0.3 is 0 Å². The lowest BCUT2D eigenvalue weighted by molar-refractivity contribution is -0.884. The van der Waals surface area contributed by atoms with Gasteiger partial charge in [-0.25, -0.2) is 9.97 Å². The van der Waals surface area contributed by atoms with Gasteiger partial charge in [-0.1, -0.05) is 12.1 Å². The quantitative estimate of drug-likeness (QED) is 0.675. The maximum atomic E-state index is 4.68. The van der Waals surface area contributed by atoms with Crippen LogP contribution in [0.2, 0.25) is 0 Å². The predicted molar refractivity (Wildman–Crippen MR) is 66.0 cm³/mol. The number of fused-ring (bicyclic) bond motifs is 1. The number of benzene rings is 1. The molecule has 0 spiro atoms. The SMILES string of the molecule is Cc1nc2ccccc2nc1C[N+](C)(C)C.[Br-]. The molecular weight excluding hydrogens is 278 g/mol.